The second kappa shape index (κ2) is 8.93. The summed E-state index contributed by atoms with van der Waals surface area (Å²) in [6, 6.07) is 0.493. The Labute approximate surface area is 94.8 Å². The van der Waals surface area contributed by atoms with Crippen LogP contribution in [0.5, 0.6) is 0 Å². The summed E-state index contributed by atoms with van der Waals surface area (Å²) < 4.78 is 0. The molecule has 90 valence electrons. The van der Waals surface area contributed by atoms with Crippen molar-refractivity contribution in [1.82, 2.24) is 5.32 Å². The average Bonchev–Trinajstić information content (AvgIpc) is 2.14. The van der Waals surface area contributed by atoms with Crippen LogP contribution < -0.4 is 5.32 Å². The molecule has 0 aliphatic rings. The second-order valence-corrected chi connectivity index (χ2v) is 4.61. The zero-order chi connectivity index (χ0) is 11.7. The van der Waals surface area contributed by atoms with Gasteiger partial charge in [-0.25, -0.2) is 0 Å². The summed E-state index contributed by atoms with van der Waals surface area (Å²) in [5.74, 6) is 0. The third-order valence-electron chi connectivity index (χ3n) is 2.48. The first-order valence-corrected chi connectivity index (χ1v) is 6.11. The molecule has 0 rings (SSSR count). The molecule has 0 fully saturated rings. The normalized spacial score (nSPS) is 14.7. The van der Waals surface area contributed by atoms with E-state index in [0.717, 1.165) is 32.2 Å². The Morgan fingerprint density at radius 3 is 2.53 bits per heavy atom. The summed E-state index contributed by atoms with van der Waals surface area (Å²) in [5, 5.41) is 12.9. The molecule has 0 aromatic rings. The molecule has 0 aliphatic heterocycles. The van der Waals surface area contributed by atoms with Crippen LogP contribution in [0.15, 0.2) is 11.6 Å². The molecule has 0 spiro atoms. The van der Waals surface area contributed by atoms with Crippen LogP contribution in [0.2, 0.25) is 0 Å². The van der Waals surface area contributed by atoms with Crippen LogP contribution in [-0.4, -0.2) is 23.8 Å². The maximum Gasteiger partial charge on any atom is 0.0664 e. The highest BCUT2D eigenvalue weighted by molar-refractivity contribution is 4.93. The van der Waals surface area contributed by atoms with E-state index in [1.54, 1.807) is 0 Å². The molecule has 0 heterocycles. The number of nitrogens with one attached hydrogen (secondary N) is 1. The molecule has 2 N–H and O–H groups in total. The van der Waals surface area contributed by atoms with Crippen molar-refractivity contribution in [3.05, 3.63) is 11.6 Å². The van der Waals surface area contributed by atoms with E-state index in [1.165, 1.54) is 5.57 Å². The summed E-state index contributed by atoms with van der Waals surface area (Å²) >= 11 is 0. The minimum Gasteiger partial charge on any atom is -0.392 e. The number of hydrogen-bond donors (Lipinski definition) is 2. The van der Waals surface area contributed by atoms with E-state index in [0.29, 0.717) is 6.04 Å². The highest BCUT2D eigenvalue weighted by atomic mass is 16.3. The van der Waals surface area contributed by atoms with Crippen LogP contribution in [-0.2, 0) is 0 Å². The third kappa shape index (κ3) is 9.95. The molecule has 15 heavy (non-hydrogen) atoms. The van der Waals surface area contributed by atoms with Gasteiger partial charge in [-0.2, -0.15) is 0 Å². The minimum atomic E-state index is -0.180. The van der Waals surface area contributed by atoms with Gasteiger partial charge in [-0.05, 0) is 40.0 Å². The van der Waals surface area contributed by atoms with Crippen molar-refractivity contribution in [2.75, 3.05) is 6.54 Å². The lowest BCUT2D eigenvalue weighted by atomic mass is 10.1. The molecule has 2 atom stereocenters. The lowest BCUT2D eigenvalue weighted by molar-refractivity contribution is 0.156. The maximum atomic E-state index is 9.54. The smallest absolute Gasteiger partial charge is 0.0664 e. The van der Waals surface area contributed by atoms with Crippen molar-refractivity contribution < 1.29 is 5.11 Å². The van der Waals surface area contributed by atoms with Crippen LogP contribution in [0.4, 0.5) is 0 Å². The molecule has 0 aromatic carbocycles. The number of hydrogen-bond acceptors (Lipinski definition) is 2. The zero-order valence-corrected chi connectivity index (χ0v) is 10.7. The average molecular weight is 213 g/mol. The lowest BCUT2D eigenvalue weighted by Crippen LogP contribution is -2.33. The molecular formula is C13H27NO. The van der Waals surface area contributed by atoms with Crippen molar-refractivity contribution in [2.45, 2.75) is 65.5 Å². The summed E-state index contributed by atoms with van der Waals surface area (Å²) in [6.45, 7) is 9.26. The molecule has 0 radical (unpaired) electrons. The van der Waals surface area contributed by atoms with E-state index in [2.05, 4.69) is 39.1 Å². The summed E-state index contributed by atoms with van der Waals surface area (Å²) in [5.41, 5.74) is 1.38. The Bertz CT molecular complexity index is 173. The van der Waals surface area contributed by atoms with Crippen LogP contribution in [0.25, 0.3) is 0 Å². The van der Waals surface area contributed by atoms with Crippen molar-refractivity contribution in [3.63, 3.8) is 0 Å². The highest BCUT2D eigenvalue weighted by Gasteiger charge is 2.05. The Morgan fingerprint density at radius 2 is 2.00 bits per heavy atom. The molecule has 0 saturated heterocycles. The van der Waals surface area contributed by atoms with Crippen LogP contribution in [0.1, 0.15) is 53.4 Å². The number of allylic oxidation sites excluding steroid dienone is 2. The van der Waals surface area contributed by atoms with Gasteiger partial charge in [-0.15, -0.1) is 0 Å². The molecule has 0 saturated carbocycles. The van der Waals surface area contributed by atoms with E-state index in [9.17, 15) is 5.11 Å². The first kappa shape index (κ1) is 14.7. The fourth-order valence-corrected chi connectivity index (χ4v) is 1.50. The second-order valence-electron chi connectivity index (χ2n) is 4.61. The van der Waals surface area contributed by atoms with Gasteiger partial charge in [0.25, 0.3) is 0 Å². The molecule has 2 nitrogen and oxygen atoms in total. The van der Waals surface area contributed by atoms with Crippen LogP contribution in [0, 0.1) is 0 Å². The van der Waals surface area contributed by atoms with Gasteiger partial charge >= 0.3 is 0 Å². The van der Waals surface area contributed by atoms with Crippen LogP contribution >= 0.6 is 0 Å². The minimum absolute atomic E-state index is 0.180. The highest BCUT2D eigenvalue weighted by Crippen LogP contribution is 2.02. The van der Waals surface area contributed by atoms with Gasteiger partial charge in [0.05, 0.1) is 6.10 Å². The zero-order valence-electron chi connectivity index (χ0n) is 10.7. The predicted molar refractivity (Wildman–Crippen MR) is 67.0 cm³/mol. The number of aliphatic hydroxyl groups is 1. The van der Waals surface area contributed by atoms with Gasteiger partial charge in [0.2, 0.25) is 0 Å². The Kier molecular flexibility index (Phi) is 8.73. The molecule has 2 unspecified atom stereocenters. The largest absolute Gasteiger partial charge is 0.392 e. The first-order valence-electron chi connectivity index (χ1n) is 6.11. The Morgan fingerprint density at radius 1 is 1.33 bits per heavy atom. The van der Waals surface area contributed by atoms with Crippen molar-refractivity contribution in [3.8, 4) is 0 Å². The number of aliphatic hydroxyl groups excluding tert-OH is 1. The van der Waals surface area contributed by atoms with Crippen molar-refractivity contribution in [1.29, 1.82) is 0 Å². The Hall–Kier alpha value is -0.340. The third-order valence-corrected chi connectivity index (χ3v) is 2.48. The lowest BCUT2D eigenvalue weighted by Gasteiger charge is -2.16. The van der Waals surface area contributed by atoms with E-state index in [1.807, 2.05) is 0 Å². The molecular weight excluding hydrogens is 186 g/mol. The fraction of sp³-hybridized carbons (Fsp3) is 0.846. The van der Waals surface area contributed by atoms with E-state index in [-0.39, 0.29) is 6.10 Å². The topological polar surface area (TPSA) is 32.3 Å². The van der Waals surface area contributed by atoms with Crippen molar-refractivity contribution >= 4 is 0 Å². The van der Waals surface area contributed by atoms with Gasteiger partial charge in [0.1, 0.15) is 0 Å². The van der Waals surface area contributed by atoms with Gasteiger partial charge in [0, 0.05) is 12.6 Å². The SMILES string of the molecule is CCCC(O)CNC(C)CCC=C(C)C. The molecule has 0 aliphatic carbocycles. The van der Waals surface area contributed by atoms with E-state index >= 15 is 0 Å². The first-order chi connectivity index (χ1) is 7.06. The van der Waals surface area contributed by atoms with Gasteiger partial charge < -0.3 is 10.4 Å². The van der Waals surface area contributed by atoms with Gasteiger partial charge in [-0.1, -0.05) is 25.0 Å². The van der Waals surface area contributed by atoms with Gasteiger partial charge in [0.15, 0.2) is 0 Å². The monoisotopic (exact) mass is 213 g/mol. The Balaban J connectivity index is 3.48. The molecule has 0 amide bonds. The molecule has 0 aromatic heterocycles. The number of rotatable bonds is 8. The molecule has 0 bridgehead atoms. The summed E-state index contributed by atoms with van der Waals surface area (Å²) in [7, 11) is 0. The summed E-state index contributed by atoms with van der Waals surface area (Å²) in [6.07, 6.45) is 6.30. The van der Waals surface area contributed by atoms with Crippen molar-refractivity contribution in [2.24, 2.45) is 0 Å². The maximum absolute atomic E-state index is 9.54. The quantitative estimate of drug-likeness (QED) is 0.608. The van der Waals surface area contributed by atoms with E-state index < -0.39 is 0 Å². The predicted octanol–water partition coefficient (Wildman–Crippen LogP) is 2.87. The van der Waals surface area contributed by atoms with E-state index in [4.69, 9.17) is 0 Å². The van der Waals surface area contributed by atoms with Gasteiger partial charge in [-0.3, -0.25) is 0 Å². The molecule has 2 heteroatoms. The fourth-order valence-electron chi connectivity index (χ4n) is 1.50. The van der Waals surface area contributed by atoms with Crippen LogP contribution in [0.3, 0.4) is 0 Å². The summed E-state index contributed by atoms with van der Waals surface area (Å²) in [4.78, 5) is 0. The standard InChI is InChI=1S/C13H27NO/c1-5-7-13(15)10-14-12(4)9-6-8-11(2)3/h8,12-15H,5-7,9-10H2,1-4H3.